The second-order valence-corrected chi connectivity index (χ2v) is 7.01. The van der Waals surface area contributed by atoms with Gasteiger partial charge in [0.15, 0.2) is 0 Å². The zero-order valence-electron chi connectivity index (χ0n) is 12.9. The predicted molar refractivity (Wildman–Crippen MR) is 79.3 cm³/mol. The second kappa shape index (κ2) is 5.68. The van der Waals surface area contributed by atoms with Crippen LogP contribution in [-0.2, 0) is 6.42 Å². The van der Waals surface area contributed by atoms with Gasteiger partial charge in [-0.3, -0.25) is 4.90 Å². The number of rotatable bonds is 3. The van der Waals surface area contributed by atoms with E-state index in [1.165, 1.54) is 0 Å². The Kier molecular flexibility index (Phi) is 4.36. The monoisotopic (exact) mass is 264 g/mol. The Morgan fingerprint density at radius 1 is 1.47 bits per heavy atom. The van der Waals surface area contributed by atoms with E-state index in [1.54, 1.807) is 6.26 Å². The number of hydrogen-bond donors (Lipinski definition) is 1. The lowest BCUT2D eigenvalue weighted by Crippen LogP contribution is -2.61. The molecule has 0 amide bonds. The van der Waals surface area contributed by atoms with Crippen molar-refractivity contribution < 1.29 is 4.42 Å². The van der Waals surface area contributed by atoms with Gasteiger partial charge in [0.1, 0.15) is 5.76 Å². The molecule has 3 atom stereocenters. The summed E-state index contributed by atoms with van der Waals surface area (Å²) in [6.45, 7) is 13.8. The first-order valence-corrected chi connectivity index (χ1v) is 7.39. The van der Waals surface area contributed by atoms with Crippen LogP contribution in [0.1, 0.15) is 40.4 Å². The van der Waals surface area contributed by atoms with Gasteiger partial charge in [-0.1, -0.05) is 20.8 Å². The summed E-state index contributed by atoms with van der Waals surface area (Å²) in [6, 6.07) is 5.71. The Morgan fingerprint density at radius 2 is 2.21 bits per heavy atom. The van der Waals surface area contributed by atoms with E-state index in [2.05, 4.69) is 50.9 Å². The van der Waals surface area contributed by atoms with E-state index in [4.69, 9.17) is 4.42 Å². The summed E-state index contributed by atoms with van der Waals surface area (Å²) in [6.07, 6.45) is 2.76. The molecular weight excluding hydrogens is 236 g/mol. The number of furan rings is 1. The van der Waals surface area contributed by atoms with Crippen LogP contribution in [-0.4, -0.2) is 36.1 Å². The van der Waals surface area contributed by atoms with Crippen LogP contribution in [0.15, 0.2) is 22.8 Å². The molecule has 1 aromatic heterocycles. The van der Waals surface area contributed by atoms with Gasteiger partial charge in [0.2, 0.25) is 0 Å². The van der Waals surface area contributed by atoms with E-state index < -0.39 is 0 Å². The Labute approximate surface area is 117 Å². The minimum Gasteiger partial charge on any atom is -0.469 e. The molecule has 0 spiro atoms. The molecule has 2 heterocycles. The minimum absolute atomic E-state index is 0.308. The van der Waals surface area contributed by atoms with E-state index in [1.807, 2.05) is 6.07 Å². The fourth-order valence-corrected chi connectivity index (χ4v) is 2.92. The Balaban J connectivity index is 2.00. The van der Waals surface area contributed by atoms with Crippen molar-refractivity contribution in [3.8, 4) is 0 Å². The first-order valence-electron chi connectivity index (χ1n) is 7.39. The molecule has 1 fully saturated rings. The fraction of sp³-hybridized carbons (Fsp3) is 0.750. The van der Waals surface area contributed by atoms with Crippen LogP contribution in [0.4, 0.5) is 0 Å². The van der Waals surface area contributed by atoms with Crippen LogP contribution >= 0.6 is 0 Å². The molecule has 0 bridgehead atoms. The van der Waals surface area contributed by atoms with E-state index >= 15 is 0 Å². The standard InChI is InChI=1S/C16H28N2O/c1-12(9-14-7-6-8-19-14)18-11-15(16(3,4)5)17-10-13(18)2/h6-8,12-13,15,17H,9-11H2,1-5H3. The van der Waals surface area contributed by atoms with Gasteiger partial charge in [0.05, 0.1) is 6.26 Å². The van der Waals surface area contributed by atoms with Crippen LogP contribution in [0.5, 0.6) is 0 Å². The molecule has 1 aromatic rings. The maximum Gasteiger partial charge on any atom is 0.105 e. The average Bonchev–Trinajstić information content (AvgIpc) is 2.80. The molecule has 0 aromatic carbocycles. The highest BCUT2D eigenvalue weighted by Crippen LogP contribution is 2.25. The SMILES string of the molecule is CC1CNC(C(C)(C)C)CN1C(C)Cc1ccco1. The molecule has 19 heavy (non-hydrogen) atoms. The van der Waals surface area contributed by atoms with Crippen molar-refractivity contribution in [2.75, 3.05) is 13.1 Å². The molecule has 1 N–H and O–H groups in total. The molecule has 1 aliphatic heterocycles. The zero-order chi connectivity index (χ0) is 14.0. The number of nitrogens with one attached hydrogen (secondary N) is 1. The van der Waals surface area contributed by atoms with E-state index in [9.17, 15) is 0 Å². The van der Waals surface area contributed by atoms with E-state index in [-0.39, 0.29) is 0 Å². The molecule has 0 radical (unpaired) electrons. The normalized spacial score (nSPS) is 27.4. The van der Waals surface area contributed by atoms with Crippen molar-refractivity contribution in [2.24, 2.45) is 5.41 Å². The molecular formula is C16H28N2O. The Morgan fingerprint density at radius 3 is 2.79 bits per heavy atom. The van der Waals surface area contributed by atoms with Crippen molar-refractivity contribution in [3.63, 3.8) is 0 Å². The molecule has 1 aliphatic rings. The highest BCUT2D eigenvalue weighted by molar-refractivity contribution is 5.01. The van der Waals surface area contributed by atoms with E-state index in [0.29, 0.717) is 23.5 Å². The van der Waals surface area contributed by atoms with Crippen molar-refractivity contribution in [1.29, 1.82) is 0 Å². The molecule has 0 aliphatic carbocycles. The second-order valence-electron chi connectivity index (χ2n) is 7.01. The quantitative estimate of drug-likeness (QED) is 0.910. The molecule has 108 valence electrons. The highest BCUT2D eigenvalue weighted by Gasteiger charge is 2.34. The van der Waals surface area contributed by atoms with Gasteiger partial charge in [0.25, 0.3) is 0 Å². The lowest BCUT2D eigenvalue weighted by Gasteiger charge is -2.46. The first-order chi connectivity index (χ1) is 8.88. The molecule has 3 nitrogen and oxygen atoms in total. The summed E-state index contributed by atoms with van der Waals surface area (Å²) in [5.41, 5.74) is 0.308. The topological polar surface area (TPSA) is 28.4 Å². The summed E-state index contributed by atoms with van der Waals surface area (Å²) in [4.78, 5) is 2.62. The lowest BCUT2D eigenvalue weighted by atomic mass is 9.84. The Bertz CT molecular complexity index is 380. The molecule has 2 rings (SSSR count). The fourth-order valence-electron chi connectivity index (χ4n) is 2.92. The largest absolute Gasteiger partial charge is 0.469 e. The molecule has 3 heteroatoms. The highest BCUT2D eigenvalue weighted by atomic mass is 16.3. The van der Waals surface area contributed by atoms with Gasteiger partial charge < -0.3 is 9.73 Å². The van der Waals surface area contributed by atoms with Crippen LogP contribution in [0.2, 0.25) is 0 Å². The summed E-state index contributed by atoms with van der Waals surface area (Å²) in [5.74, 6) is 1.09. The van der Waals surface area contributed by atoms with Gasteiger partial charge >= 0.3 is 0 Å². The number of hydrogen-bond acceptors (Lipinski definition) is 3. The summed E-state index contributed by atoms with van der Waals surface area (Å²) >= 11 is 0. The smallest absolute Gasteiger partial charge is 0.105 e. The summed E-state index contributed by atoms with van der Waals surface area (Å²) in [5, 5.41) is 3.69. The van der Waals surface area contributed by atoms with Crippen molar-refractivity contribution >= 4 is 0 Å². The van der Waals surface area contributed by atoms with Gasteiger partial charge in [-0.2, -0.15) is 0 Å². The minimum atomic E-state index is 0.308. The van der Waals surface area contributed by atoms with Crippen molar-refractivity contribution in [1.82, 2.24) is 10.2 Å². The van der Waals surface area contributed by atoms with Crippen LogP contribution < -0.4 is 5.32 Å². The first kappa shape index (κ1) is 14.6. The van der Waals surface area contributed by atoms with Gasteiger partial charge in [-0.25, -0.2) is 0 Å². The zero-order valence-corrected chi connectivity index (χ0v) is 12.9. The van der Waals surface area contributed by atoms with Crippen molar-refractivity contribution in [2.45, 2.75) is 59.2 Å². The van der Waals surface area contributed by atoms with E-state index in [0.717, 1.165) is 25.3 Å². The van der Waals surface area contributed by atoms with Crippen LogP contribution in [0.25, 0.3) is 0 Å². The molecule has 3 unspecified atom stereocenters. The lowest BCUT2D eigenvalue weighted by molar-refractivity contribution is 0.0615. The third kappa shape index (κ3) is 3.61. The van der Waals surface area contributed by atoms with Crippen LogP contribution in [0.3, 0.4) is 0 Å². The predicted octanol–water partition coefficient (Wildman–Crippen LogP) is 2.92. The van der Waals surface area contributed by atoms with Gasteiger partial charge in [-0.15, -0.1) is 0 Å². The average molecular weight is 264 g/mol. The van der Waals surface area contributed by atoms with Crippen LogP contribution in [0, 0.1) is 5.41 Å². The Hall–Kier alpha value is -0.800. The summed E-state index contributed by atoms with van der Waals surface area (Å²) in [7, 11) is 0. The molecule has 1 saturated heterocycles. The number of nitrogens with zero attached hydrogens (tertiary/aromatic N) is 1. The molecule has 0 saturated carbocycles. The maximum atomic E-state index is 5.48. The maximum absolute atomic E-state index is 5.48. The van der Waals surface area contributed by atoms with Crippen molar-refractivity contribution in [3.05, 3.63) is 24.2 Å². The third-order valence-corrected chi connectivity index (χ3v) is 4.31. The van der Waals surface area contributed by atoms with Gasteiger partial charge in [0, 0.05) is 37.6 Å². The third-order valence-electron chi connectivity index (χ3n) is 4.31. The summed E-state index contributed by atoms with van der Waals surface area (Å²) < 4.78 is 5.48. The van der Waals surface area contributed by atoms with Gasteiger partial charge in [-0.05, 0) is 31.4 Å². The number of piperazine rings is 1.